The van der Waals surface area contributed by atoms with Gasteiger partial charge in [-0.25, -0.2) is 4.98 Å². The second-order valence-electron chi connectivity index (χ2n) is 10.8. The summed E-state index contributed by atoms with van der Waals surface area (Å²) >= 11 is 0. The maximum Gasteiger partial charge on any atom is 0.263 e. The summed E-state index contributed by atoms with van der Waals surface area (Å²) in [5.74, 6) is 0.0327. The summed E-state index contributed by atoms with van der Waals surface area (Å²) in [6.45, 7) is 9.65. The highest BCUT2D eigenvalue weighted by molar-refractivity contribution is 6.10. The maximum absolute atomic E-state index is 13.8. The first-order valence-corrected chi connectivity index (χ1v) is 14.3. The molecule has 2 aromatic heterocycles. The van der Waals surface area contributed by atoms with Crippen LogP contribution in [0.2, 0.25) is 0 Å². The number of carbonyl (C=O) groups excluding carboxylic acids is 1. The zero-order chi connectivity index (χ0) is 28.3. The highest BCUT2D eigenvalue weighted by Gasteiger charge is 2.19. The van der Waals surface area contributed by atoms with Gasteiger partial charge in [0.15, 0.2) is 5.78 Å². The van der Waals surface area contributed by atoms with Gasteiger partial charge < -0.3 is 9.88 Å². The summed E-state index contributed by atoms with van der Waals surface area (Å²) < 4.78 is 3.64. The smallest absolute Gasteiger partial charge is 0.263 e. The molecule has 1 aliphatic heterocycles. The lowest BCUT2D eigenvalue weighted by atomic mass is 9.93. The largest absolute Gasteiger partial charge is 0.328 e. The highest BCUT2D eigenvalue weighted by Crippen LogP contribution is 2.26. The Bertz CT molecular complexity index is 1750. The Balaban J connectivity index is 1.27. The van der Waals surface area contributed by atoms with E-state index in [1.807, 2.05) is 73.1 Å². The molecule has 1 saturated heterocycles. The molecule has 1 N–H and O–H groups in total. The van der Waals surface area contributed by atoms with Gasteiger partial charge in [0.05, 0.1) is 11.7 Å². The quantitative estimate of drug-likeness (QED) is 0.282. The minimum Gasteiger partial charge on any atom is -0.328 e. The number of hydrogen-bond acceptors (Lipinski definition) is 5. The topological polar surface area (TPSA) is 72.2 Å². The molecule has 3 heterocycles. The fourth-order valence-corrected chi connectivity index (χ4v) is 5.73. The number of hydrogen-bond donors (Lipinski definition) is 1. The lowest BCUT2D eigenvalue weighted by Gasteiger charge is -2.28. The van der Waals surface area contributed by atoms with Crippen molar-refractivity contribution in [3.05, 3.63) is 123 Å². The second-order valence-corrected chi connectivity index (χ2v) is 10.8. The third kappa shape index (κ3) is 5.51. The van der Waals surface area contributed by atoms with Crippen molar-refractivity contribution in [1.82, 2.24) is 24.3 Å². The van der Waals surface area contributed by atoms with Gasteiger partial charge in [-0.05, 0) is 47.7 Å². The molecule has 7 heteroatoms. The average molecular weight is 546 g/mol. The first-order valence-electron chi connectivity index (χ1n) is 14.3. The van der Waals surface area contributed by atoms with Crippen molar-refractivity contribution in [2.75, 3.05) is 26.2 Å². The molecule has 0 spiro atoms. The molecular weight excluding hydrogens is 510 g/mol. The van der Waals surface area contributed by atoms with Gasteiger partial charge in [0.25, 0.3) is 5.56 Å². The third-order valence-corrected chi connectivity index (χ3v) is 8.00. The molecule has 41 heavy (non-hydrogen) atoms. The summed E-state index contributed by atoms with van der Waals surface area (Å²) in [7, 11) is 0. The van der Waals surface area contributed by atoms with Gasteiger partial charge in [-0.2, -0.15) is 0 Å². The number of benzene rings is 3. The average Bonchev–Trinajstić information content (AvgIpc) is 3.33. The van der Waals surface area contributed by atoms with Gasteiger partial charge in [-0.15, -0.1) is 0 Å². The van der Waals surface area contributed by atoms with E-state index < -0.39 is 0 Å². The van der Waals surface area contributed by atoms with Crippen LogP contribution in [0, 0.1) is 6.92 Å². The minimum atomic E-state index is -0.00963. The number of nitrogens with zero attached hydrogens (tertiary/aromatic N) is 4. The van der Waals surface area contributed by atoms with E-state index in [0.29, 0.717) is 29.7 Å². The monoisotopic (exact) mass is 545 g/mol. The molecule has 3 aromatic carbocycles. The molecule has 0 bridgehead atoms. The fourth-order valence-electron chi connectivity index (χ4n) is 5.73. The summed E-state index contributed by atoms with van der Waals surface area (Å²) in [4.78, 5) is 33.6. The number of carbonyl (C=O) groups is 1. The van der Waals surface area contributed by atoms with Crippen LogP contribution in [0.5, 0.6) is 0 Å². The van der Waals surface area contributed by atoms with Gasteiger partial charge in [-0.3, -0.25) is 19.1 Å². The molecule has 1 aliphatic rings. The number of nitrogens with one attached hydrogen (secondary N) is 1. The predicted octanol–water partition coefficient (Wildman–Crippen LogP) is 4.88. The molecule has 1 fully saturated rings. The highest BCUT2D eigenvalue weighted by atomic mass is 16.1. The number of rotatable bonds is 8. The van der Waals surface area contributed by atoms with E-state index >= 15 is 0 Å². The van der Waals surface area contributed by atoms with Crippen LogP contribution in [0.15, 0.2) is 90.1 Å². The Kier molecular flexibility index (Phi) is 7.63. The van der Waals surface area contributed by atoms with Crippen LogP contribution in [0.1, 0.15) is 39.5 Å². The second kappa shape index (κ2) is 11.6. The van der Waals surface area contributed by atoms with Crippen LogP contribution in [-0.2, 0) is 19.6 Å². The van der Waals surface area contributed by atoms with Crippen LogP contribution in [0.3, 0.4) is 0 Å². The van der Waals surface area contributed by atoms with E-state index in [-0.39, 0.29) is 11.3 Å². The van der Waals surface area contributed by atoms with Crippen molar-refractivity contribution >= 4 is 16.8 Å². The Morgan fingerprint density at radius 1 is 0.902 bits per heavy atom. The summed E-state index contributed by atoms with van der Waals surface area (Å²) in [6, 6.07) is 24.3. The predicted molar refractivity (Wildman–Crippen MR) is 163 cm³/mol. The summed E-state index contributed by atoms with van der Waals surface area (Å²) in [5, 5.41) is 4.08. The lowest BCUT2D eigenvalue weighted by Crippen LogP contribution is -2.43. The van der Waals surface area contributed by atoms with Gasteiger partial charge in [-0.1, -0.05) is 66.7 Å². The molecule has 0 radical (unpaired) electrons. The van der Waals surface area contributed by atoms with Crippen molar-refractivity contribution in [2.24, 2.45) is 0 Å². The van der Waals surface area contributed by atoms with Crippen molar-refractivity contribution in [1.29, 1.82) is 0 Å². The third-order valence-electron chi connectivity index (χ3n) is 8.00. The molecule has 0 atom stereocenters. The van der Waals surface area contributed by atoms with Crippen LogP contribution < -0.4 is 10.9 Å². The molecule has 6 rings (SSSR count). The Morgan fingerprint density at radius 3 is 2.39 bits per heavy atom. The number of ketones is 1. The fraction of sp³-hybridized carbons (Fsp3) is 0.265. The molecule has 0 saturated carbocycles. The van der Waals surface area contributed by atoms with Crippen LogP contribution in [0.4, 0.5) is 0 Å². The van der Waals surface area contributed by atoms with E-state index in [1.54, 1.807) is 10.9 Å². The lowest BCUT2D eigenvalue weighted by molar-refractivity contribution is 0.103. The van der Waals surface area contributed by atoms with Gasteiger partial charge >= 0.3 is 0 Å². The molecule has 0 amide bonds. The SMILES string of the molecule is CCn1cnc2c(c(C)cn2Cc2ccc(C(=O)c3ccc(-c4ccccc4)cc3CN3CCNCC3)cc2)c1=O. The molecule has 208 valence electrons. The normalized spacial score (nSPS) is 14.0. The van der Waals surface area contributed by atoms with Crippen LogP contribution in [-0.4, -0.2) is 51.0 Å². The Labute approximate surface area is 240 Å². The molecule has 0 aliphatic carbocycles. The molecule has 7 nitrogen and oxygen atoms in total. The van der Waals surface area contributed by atoms with E-state index in [9.17, 15) is 9.59 Å². The summed E-state index contributed by atoms with van der Waals surface area (Å²) in [6.07, 6.45) is 3.60. The standard InChI is InChI=1S/C34H35N5O2/c1-3-38-23-36-33-31(34(38)41)24(2)20-39(33)21-25-9-11-27(12-10-25)32(40)30-14-13-28(26-7-5-4-6-8-26)19-29(30)22-37-17-15-35-16-18-37/h4-14,19-20,23,35H,3,15-18,21-22H2,1-2H3. The van der Waals surface area contributed by atoms with Crippen molar-refractivity contribution < 1.29 is 4.79 Å². The van der Waals surface area contributed by atoms with E-state index in [2.05, 4.69) is 39.5 Å². The van der Waals surface area contributed by atoms with Crippen molar-refractivity contribution in [3.63, 3.8) is 0 Å². The van der Waals surface area contributed by atoms with Crippen molar-refractivity contribution in [3.8, 4) is 11.1 Å². The number of fused-ring (bicyclic) bond motifs is 1. The molecule has 5 aromatic rings. The minimum absolute atomic E-state index is 0.00963. The van der Waals surface area contributed by atoms with E-state index in [0.717, 1.165) is 66.1 Å². The Hall–Kier alpha value is -4.33. The van der Waals surface area contributed by atoms with E-state index in [1.165, 1.54) is 0 Å². The van der Waals surface area contributed by atoms with Gasteiger partial charge in [0.2, 0.25) is 0 Å². The zero-order valence-electron chi connectivity index (χ0n) is 23.6. The van der Waals surface area contributed by atoms with Gasteiger partial charge in [0, 0.05) is 63.1 Å². The molecule has 0 unspecified atom stereocenters. The first kappa shape index (κ1) is 26.9. The van der Waals surface area contributed by atoms with Crippen LogP contribution >= 0.6 is 0 Å². The first-order chi connectivity index (χ1) is 20.0. The van der Waals surface area contributed by atoms with Gasteiger partial charge in [0.1, 0.15) is 5.65 Å². The van der Waals surface area contributed by atoms with Crippen molar-refractivity contribution in [2.45, 2.75) is 33.5 Å². The maximum atomic E-state index is 13.8. The zero-order valence-corrected chi connectivity index (χ0v) is 23.6. The molecular formula is C34H35N5O2. The van der Waals surface area contributed by atoms with E-state index in [4.69, 9.17) is 0 Å². The number of piperazine rings is 1. The number of aryl methyl sites for hydroxylation is 2. The van der Waals surface area contributed by atoms with Crippen LogP contribution in [0.25, 0.3) is 22.2 Å². The Morgan fingerprint density at radius 2 is 1.66 bits per heavy atom. The number of aromatic nitrogens is 3. The summed E-state index contributed by atoms with van der Waals surface area (Å²) in [5.41, 5.74) is 7.38.